The number of nitrogens with zero attached hydrogens (tertiary/aromatic N) is 2. The first-order chi connectivity index (χ1) is 17.3. The van der Waals surface area contributed by atoms with Gasteiger partial charge in [-0.15, -0.1) is 11.3 Å². The summed E-state index contributed by atoms with van der Waals surface area (Å²) in [6.45, 7) is 3.09. The van der Waals surface area contributed by atoms with Crippen molar-refractivity contribution in [2.24, 2.45) is 5.10 Å². The molecule has 2 heterocycles. The molecule has 5 heteroatoms. The molecule has 4 nitrogen and oxygen atoms in total. The van der Waals surface area contributed by atoms with E-state index in [1.807, 2.05) is 84.9 Å². The van der Waals surface area contributed by atoms with Crippen LogP contribution in [0.5, 0.6) is 11.5 Å². The molecule has 0 saturated carbocycles. The Hall–Kier alpha value is -4.09. The maximum Gasteiger partial charge on any atom is 0.181 e. The number of hydrazone groups is 1. The minimum atomic E-state index is 0.529. The number of anilines is 2. The Kier molecular flexibility index (Phi) is 7.06. The number of hydrogen-bond acceptors (Lipinski definition) is 5. The largest absolute Gasteiger partial charge is 0.485 e. The van der Waals surface area contributed by atoms with Crippen molar-refractivity contribution >= 4 is 47.2 Å². The number of para-hydroxylation sites is 2. The summed E-state index contributed by atoms with van der Waals surface area (Å²) in [6, 6.07) is 28.7. The second-order valence-electron chi connectivity index (χ2n) is 7.91. The Morgan fingerprint density at radius 1 is 0.686 bits per heavy atom. The summed E-state index contributed by atoms with van der Waals surface area (Å²) in [4.78, 5) is 1.95. The molecule has 5 rings (SSSR count). The van der Waals surface area contributed by atoms with Gasteiger partial charge >= 0.3 is 0 Å². The fourth-order valence-corrected chi connectivity index (χ4v) is 4.77. The van der Waals surface area contributed by atoms with Gasteiger partial charge in [-0.05, 0) is 48.4 Å². The van der Waals surface area contributed by atoms with Gasteiger partial charge in [0.25, 0.3) is 0 Å². The molecule has 0 unspecified atom stereocenters. The van der Waals surface area contributed by atoms with E-state index in [0.29, 0.717) is 13.2 Å². The zero-order valence-electron chi connectivity index (χ0n) is 19.5. The number of rotatable bonds is 7. The Morgan fingerprint density at radius 3 is 1.80 bits per heavy atom. The second kappa shape index (κ2) is 10.9. The van der Waals surface area contributed by atoms with Gasteiger partial charge in [-0.3, -0.25) is 0 Å². The highest BCUT2D eigenvalue weighted by Crippen LogP contribution is 2.44. The zero-order valence-corrected chi connectivity index (χ0v) is 20.3. The molecule has 35 heavy (non-hydrogen) atoms. The van der Waals surface area contributed by atoms with Crippen molar-refractivity contribution in [3.05, 3.63) is 112 Å². The molecule has 0 saturated heterocycles. The summed E-state index contributed by atoms with van der Waals surface area (Å²) in [5, 5.41) is 6.78. The van der Waals surface area contributed by atoms with Crippen LogP contribution in [-0.2, 0) is 0 Å². The number of thiophene rings is 1. The van der Waals surface area contributed by atoms with Crippen LogP contribution < -0.4 is 14.5 Å². The molecule has 0 amide bonds. The predicted octanol–water partition coefficient (Wildman–Crippen LogP) is 7.90. The molecular formula is C30H26N2O2S. The molecule has 1 aliphatic heterocycles. The van der Waals surface area contributed by atoms with Gasteiger partial charge in [0.2, 0.25) is 0 Å². The van der Waals surface area contributed by atoms with Crippen LogP contribution in [0.1, 0.15) is 27.8 Å². The van der Waals surface area contributed by atoms with E-state index in [1.54, 1.807) is 11.3 Å². The highest BCUT2D eigenvalue weighted by molar-refractivity contribution is 7.15. The van der Waals surface area contributed by atoms with E-state index in [2.05, 4.69) is 42.5 Å². The van der Waals surface area contributed by atoms with Crippen LogP contribution in [0.15, 0.2) is 96.1 Å². The van der Waals surface area contributed by atoms with Gasteiger partial charge in [0.15, 0.2) is 11.5 Å². The van der Waals surface area contributed by atoms with Gasteiger partial charge < -0.3 is 9.47 Å². The van der Waals surface area contributed by atoms with E-state index in [1.165, 1.54) is 5.56 Å². The van der Waals surface area contributed by atoms with Crippen molar-refractivity contribution in [3.63, 3.8) is 0 Å². The Bertz CT molecular complexity index is 1300. The maximum atomic E-state index is 6.01. The number of benzene rings is 3. The lowest BCUT2D eigenvalue weighted by Crippen LogP contribution is -2.15. The maximum absolute atomic E-state index is 6.01. The summed E-state index contributed by atoms with van der Waals surface area (Å²) >= 11 is 1.61. The summed E-state index contributed by atoms with van der Waals surface area (Å²) in [5.74, 6) is 1.55. The molecule has 3 aromatic carbocycles. The average molecular weight is 479 g/mol. The van der Waals surface area contributed by atoms with Gasteiger partial charge in [0, 0.05) is 0 Å². The molecular weight excluding hydrogens is 452 g/mol. The first-order valence-corrected chi connectivity index (χ1v) is 12.4. The molecule has 174 valence electrons. The Balaban J connectivity index is 1.46. The molecule has 0 spiro atoms. The summed E-state index contributed by atoms with van der Waals surface area (Å²) in [6.07, 6.45) is 10.2. The second-order valence-corrected chi connectivity index (χ2v) is 9.00. The van der Waals surface area contributed by atoms with E-state index in [-0.39, 0.29) is 0 Å². The third kappa shape index (κ3) is 5.36. The summed E-state index contributed by atoms with van der Waals surface area (Å²) in [7, 11) is 0. The molecule has 0 aliphatic carbocycles. The molecule has 0 bridgehead atoms. The summed E-state index contributed by atoms with van der Waals surface area (Å²) in [5.41, 5.74) is 4.29. The molecule has 0 N–H and O–H groups in total. The highest BCUT2D eigenvalue weighted by atomic mass is 32.1. The van der Waals surface area contributed by atoms with E-state index in [0.717, 1.165) is 38.2 Å². The zero-order chi connectivity index (χ0) is 23.9. The predicted molar refractivity (Wildman–Crippen MR) is 148 cm³/mol. The molecule has 4 aromatic rings. The van der Waals surface area contributed by atoms with Crippen LogP contribution in [0, 0.1) is 0 Å². The molecule has 0 fully saturated rings. The fourth-order valence-electron chi connectivity index (χ4n) is 3.80. The first kappa shape index (κ1) is 22.7. The van der Waals surface area contributed by atoms with Crippen molar-refractivity contribution in [1.29, 1.82) is 0 Å². The monoisotopic (exact) mass is 478 g/mol. The van der Waals surface area contributed by atoms with Crippen molar-refractivity contribution in [1.82, 2.24) is 0 Å². The molecule has 0 atom stereocenters. The first-order valence-electron chi connectivity index (χ1n) is 11.6. The van der Waals surface area contributed by atoms with Crippen molar-refractivity contribution in [2.45, 2.75) is 6.92 Å². The van der Waals surface area contributed by atoms with Crippen LogP contribution in [0.25, 0.3) is 18.2 Å². The van der Waals surface area contributed by atoms with Crippen molar-refractivity contribution in [2.75, 3.05) is 18.2 Å². The molecule has 0 radical (unpaired) electrons. The van der Waals surface area contributed by atoms with Crippen LogP contribution in [0.2, 0.25) is 0 Å². The lowest BCUT2D eigenvalue weighted by Gasteiger charge is -2.19. The van der Waals surface area contributed by atoms with E-state index < -0.39 is 0 Å². The Labute approximate surface area is 210 Å². The SMILES string of the molecule is C/C=C/c1ccc(/C=C/c2sc(/C=N/N(c3ccccc3)c3ccccc3)c3c2OCCO3)cc1. The molecule has 1 aromatic heterocycles. The van der Waals surface area contributed by atoms with E-state index in [9.17, 15) is 0 Å². The standard InChI is InChI=1S/C30H26N2O2S/c1-2-9-23-14-16-24(17-15-23)18-19-27-29-30(34-21-20-33-29)28(35-27)22-31-32(25-10-5-3-6-11-25)26-12-7-4-8-13-26/h2-19,22H,20-21H2,1H3/b9-2+,19-18+,31-22+. The van der Waals surface area contributed by atoms with Crippen LogP contribution in [0.3, 0.4) is 0 Å². The topological polar surface area (TPSA) is 34.1 Å². The third-order valence-corrected chi connectivity index (χ3v) is 6.52. The van der Waals surface area contributed by atoms with Crippen molar-refractivity contribution in [3.8, 4) is 11.5 Å². The number of allylic oxidation sites excluding steroid dienone is 1. The minimum absolute atomic E-state index is 0.529. The molecule has 1 aliphatic rings. The normalized spacial score (nSPS) is 13.2. The van der Waals surface area contributed by atoms with Gasteiger partial charge in [0.05, 0.1) is 27.3 Å². The number of fused-ring (bicyclic) bond motifs is 1. The minimum Gasteiger partial charge on any atom is -0.485 e. The Morgan fingerprint density at radius 2 is 1.23 bits per heavy atom. The van der Waals surface area contributed by atoms with Crippen LogP contribution in [0.4, 0.5) is 11.4 Å². The third-order valence-electron chi connectivity index (χ3n) is 5.46. The summed E-state index contributed by atoms with van der Waals surface area (Å²) < 4.78 is 12.0. The van der Waals surface area contributed by atoms with Gasteiger partial charge in [-0.1, -0.05) is 78.9 Å². The van der Waals surface area contributed by atoms with Crippen LogP contribution >= 0.6 is 11.3 Å². The lowest BCUT2D eigenvalue weighted by molar-refractivity contribution is 0.173. The van der Waals surface area contributed by atoms with Gasteiger partial charge in [0.1, 0.15) is 13.2 Å². The quantitative estimate of drug-likeness (QED) is 0.200. The lowest BCUT2D eigenvalue weighted by atomic mass is 10.1. The average Bonchev–Trinajstić information content (AvgIpc) is 3.27. The van der Waals surface area contributed by atoms with E-state index in [4.69, 9.17) is 14.6 Å². The van der Waals surface area contributed by atoms with Gasteiger partial charge in [-0.2, -0.15) is 5.10 Å². The van der Waals surface area contributed by atoms with Crippen LogP contribution in [-0.4, -0.2) is 19.4 Å². The fraction of sp³-hybridized carbons (Fsp3) is 0.100. The number of ether oxygens (including phenoxy) is 2. The van der Waals surface area contributed by atoms with Gasteiger partial charge in [-0.25, -0.2) is 5.01 Å². The number of hydrogen-bond donors (Lipinski definition) is 0. The smallest absolute Gasteiger partial charge is 0.181 e. The van der Waals surface area contributed by atoms with E-state index >= 15 is 0 Å². The van der Waals surface area contributed by atoms with Crippen molar-refractivity contribution < 1.29 is 9.47 Å². The highest BCUT2D eigenvalue weighted by Gasteiger charge is 2.22.